The highest BCUT2D eigenvalue weighted by atomic mass is 15.2. The molecule has 16 aliphatic rings. The van der Waals surface area contributed by atoms with E-state index in [4.69, 9.17) is 0 Å². The largest absolute Gasteiger partial charge is 0.309 e. The van der Waals surface area contributed by atoms with Gasteiger partial charge in [-0.25, -0.2) is 0 Å². The average Bonchev–Trinajstić information content (AvgIpc) is 0.703. The van der Waals surface area contributed by atoms with Gasteiger partial charge in [0.1, 0.15) is 0 Å². The second kappa shape index (κ2) is 33.6. The molecule has 14 aromatic carbocycles. The number of nitrogens with zero attached hydrogens (tertiary/aromatic N) is 4. The Bertz CT molecular complexity index is 6360. The molecule has 16 aliphatic carbocycles. The SMILES string of the molecule is Cc1ccc(N(c2ccc(C(C)C)cc2)c2c3ccc(C45CC6CC(CC(C6)C4)C5)cc3c(N(c3ccc(C)cc3)c3ccc(C(C)C)cc3)c3ccc(C45CC6CC(CC(C6)C4)C5)cc23)cc1.Cc1cccc(N(c2ccc(C(C)C)cc2)c2c3ccc(C45CC6CC(CC(C6)C4)C5)cc3c(N(c3ccc(C(C)C)cc3)c3cccc(C)c3)c3ccc(C45CC6CC(CC(C6)C4)C5)cc23)c1. The molecule has 0 amide bonds. The molecule has 14 aromatic rings. The van der Waals surface area contributed by atoms with E-state index in [0.717, 1.165) is 71.0 Å². The van der Waals surface area contributed by atoms with E-state index in [1.54, 1.807) is 22.3 Å². The zero-order chi connectivity index (χ0) is 92.1. The van der Waals surface area contributed by atoms with Crippen LogP contribution in [0.4, 0.5) is 68.2 Å². The molecule has 0 unspecified atom stereocenters. The summed E-state index contributed by atoms with van der Waals surface area (Å²) in [6.07, 6.45) is 33.6. The van der Waals surface area contributed by atoms with Crippen LogP contribution in [0.15, 0.2) is 267 Å². The summed E-state index contributed by atoms with van der Waals surface area (Å²) < 4.78 is 0. The Kier molecular flexibility index (Phi) is 21.4. The number of benzene rings is 14. The van der Waals surface area contributed by atoms with Crippen LogP contribution in [0.5, 0.6) is 0 Å². The molecule has 0 heterocycles. The highest BCUT2D eigenvalue weighted by Gasteiger charge is 2.57. The molecule has 0 aromatic heterocycles. The third kappa shape index (κ3) is 15.1. The van der Waals surface area contributed by atoms with Crippen LogP contribution < -0.4 is 19.6 Å². The first-order valence-corrected chi connectivity index (χ1v) is 53.9. The molecule has 0 atom stereocenters. The van der Waals surface area contributed by atoms with Crippen molar-refractivity contribution >= 4 is 111 Å². The van der Waals surface area contributed by atoms with Crippen LogP contribution in [0.1, 0.15) is 300 Å². The number of hydrogen-bond donors (Lipinski definition) is 0. The summed E-state index contributed by atoms with van der Waals surface area (Å²) in [4.78, 5) is 10.6. The van der Waals surface area contributed by atoms with Gasteiger partial charge in [-0.2, -0.15) is 0 Å². The van der Waals surface area contributed by atoms with E-state index in [1.165, 1.54) is 310 Å². The van der Waals surface area contributed by atoms with Crippen molar-refractivity contribution in [2.75, 3.05) is 19.6 Å². The van der Waals surface area contributed by atoms with Gasteiger partial charge in [0.15, 0.2) is 0 Å². The van der Waals surface area contributed by atoms with Gasteiger partial charge in [0, 0.05) is 88.6 Å². The number of aryl methyl sites for hydroxylation is 4. The van der Waals surface area contributed by atoms with Gasteiger partial charge in [-0.3, -0.25) is 0 Å². The maximum atomic E-state index is 2.75. The van der Waals surface area contributed by atoms with E-state index in [2.05, 4.69) is 370 Å². The topological polar surface area (TPSA) is 13.0 Å². The number of fused-ring (bicyclic) bond motifs is 4. The Morgan fingerprint density at radius 1 is 0.184 bits per heavy atom. The first-order valence-electron chi connectivity index (χ1n) is 53.9. The summed E-state index contributed by atoms with van der Waals surface area (Å²) >= 11 is 0. The minimum absolute atomic E-state index is 0.258. The van der Waals surface area contributed by atoms with Gasteiger partial charge < -0.3 is 19.6 Å². The van der Waals surface area contributed by atoms with Gasteiger partial charge in [0.25, 0.3) is 0 Å². The van der Waals surface area contributed by atoms with Gasteiger partial charge in [0.2, 0.25) is 0 Å². The van der Waals surface area contributed by atoms with E-state index < -0.39 is 0 Å². The van der Waals surface area contributed by atoms with Crippen molar-refractivity contribution in [2.45, 2.75) is 283 Å². The van der Waals surface area contributed by atoms with Crippen molar-refractivity contribution < 1.29 is 0 Å². The van der Waals surface area contributed by atoms with Crippen LogP contribution in [0.3, 0.4) is 0 Å². The zero-order valence-corrected chi connectivity index (χ0v) is 83.4. The standard InChI is InChI=1S/2C66H72N2/c1-41(2)51-11-21-57(22-12-51)67(55-17-7-43(5)8-18-55)63-59-25-15-54(66-38-48-30-49(39-66)32-50(31-48)40-66)34-62(59)64(68(56-19-9-44(6)10-20-56)58-23-13-52(14-24-58)42(3)4)60-26-16-53(33-61(60)63)65-35-45-27-46(36-65)29-47(28-45)37-65;1-41(2)51-13-19-55(20-14-51)67(57-11-7-9-43(5)25-57)63-59-23-17-54(66-38-48-30-49(39-66)32-50(31-48)40-66)34-62(59)64(68(58-12-8-10-44(6)26-58)56-21-15-52(16-22-56)42(3)4)60-24-18-53(33-61(60)63)65-35-45-27-46(36-65)29-47(28-45)37-65/h2*7-26,33-34,41-42,45-50H,27-32,35-40H2,1-6H3. The first-order chi connectivity index (χ1) is 66.0. The lowest BCUT2D eigenvalue weighted by molar-refractivity contribution is -0.00525. The van der Waals surface area contributed by atoms with E-state index in [1.807, 2.05) is 0 Å². The summed E-state index contributed by atoms with van der Waals surface area (Å²) in [6.45, 7) is 27.5. The molecule has 4 heteroatoms. The maximum absolute atomic E-state index is 2.75. The average molecular weight is 1790 g/mol. The third-order valence-corrected chi connectivity index (χ3v) is 38.0. The fraction of sp³-hybridized carbons (Fsp3) is 0.424. The lowest BCUT2D eigenvalue weighted by atomic mass is 9.48. The van der Waals surface area contributed by atoms with Crippen LogP contribution >= 0.6 is 0 Å². The van der Waals surface area contributed by atoms with Crippen LogP contribution in [-0.4, -0.2) is 0 Å². The predicted molar refractivity (Wildman–Crippen MR) is 576 cm³/mol. The number of hydrogen-bond acceptors (Lipinski definition) is 4. The molecule has 0 radical (unpaired) electrons. The summed E-state index contributed by atoms with van der Waals surface area (Å²) in [5.41, 5.74) is 33.1. The van der Waals surface area contributed by atoms with E-state index in [0.29, 0.717) is 23.7 Å². The van der Waals surface area contributed by atoms with Crippen LogP contribution in [0.25, 0.3) is 43.1 Å². The minimum Gasteiger partial charge on any atom is -0.309 e. The third-order valence-electron chi connectivity index (χ3n) is 38.0. The number of rotatable bonds is 20. The molecular formula is C132H144N4. The molecular weight excluding hydrogens is 1640 g/mol. The van der Waals surface area contributed by atoms with Crippen LogP contribution in [0, 0.1) is 98.7 Å². The van der Waals surface area contributed by atoms with Crippen molar-refractivity contribution in [3.05, 3.63) is 334 Å². The Balaban J connectivity index is 0.000000145. The Morgan fingerprint density at radius 2 is 0.368 bits per heavy atom. The molecule has 16 saturated carbocycles. The second-order valence-electron chi connectivity index (χ2n) is 48.9. The van der Waals surface area contributed by atoms with Crippen molar-refractivity contribution in [3.63, 3.8) is 0 Å². The van der Waals surface area contributed by atoms with Crippen LogP contribution in [0.2, 0.25) is 0 Å². The summed E-state index contributed by atoms with van der Waals surface area (Å²) in [6, 6.07) is 108. The maximum Gasteiger partial charge on any atom is 0.0620 e. The van der Waals surface area contributed by atoms with Crippen molar-refractivity contribution in [1.29, 1.82) is 0 Å². The number of anilines is 12. The van der Waals surface area contributed by atoms with Gasteiger partial charge in [-0.05, 0) is 475 Å². The van der Waals surface area contributed by atoms with E-state index >= 15 is 0 Å². The smallest absolute Gasteiger partial charge is 0.0620 e. The molecule has 30 rings (SSSR count). The Labute approximate surface area is 812 Å². The Morgan fingerprint density at radius 3 is 0.551 bits per heavy atom. The molecule has 16 fully saturated rings. The van der Waals surface area contributed by atoms with Crippen molar-refractivity contribution in [1.82, 2.24) is 0 Å². The molecule has 4 nitrogen and oxygen atoms in total. The lowest BCUT2D eigenvalue weighted by Gasteiger charge is -2.57. The Hall–Kier alpha value is -10.7. The van der Waals surface area contributed by atoms with E-state index in [9.17, 15) is 0 Å². The zero-order valence-electron chi connectivity index (χ0n) is 83.4. The monoisotopic (exact) mass is 1790 g/mol. The van der Waals surface area contributed by atoms with Gasteiger partial charge in [-0.15, -0.1) is 0 Å². The summed E-state index contributed by atoms with van der Waals surface area (Å²) in [5, 5.41) is 10.8. The summed E-state index contributed by atoms with van der Waals surface area (Å²) in [5.74, 6) is 12.4. The summed E-state index contributed by atoms with van der Waals surface area (Å²) in [7, 11) is 0. The fourth-order valence-corrected chi connectivity index (χ4v) is 33.1. The van der Waals surface area contributed by atoms with Gasteiger partial charge in [-0.1, -0.05) is 212 Å². The van der Waals surface area contributed by atoms with E-state index in [-0.39, 0.29) is 21.7 Å². The molecule has 136 heavy (non-hydrogen) atoms. The molecule has 0 aliphatic heterocycles. The quantitative estimate of drug-likeness (QED) is 0.0557. The van der Waals surface area contributed by atoms with Crippen molar-refractivity contribution in [3.8, 4) is 0 Å². The molecule has 0 N–H and O–H groups in total. The predicted octanol–water partition coefficient (Wildman–Crippen LogP) is 37.5. The molecule has 16 bridgehead atoms. The highest BCUT2D eigenvalue weighted by Crippen LogP contribution is 2.68. The van der Waals surface area contributed by atoms with Crippen molar-refractivity contribution in [2.24, 2.45) is 71.0 Å². The van der Waals surface area contributed by atoms with Gasteiger partial charge in [0.05, 0.1) is 22.7 Å². The van der Waals surface area contributed by atoms with Gasteiger partial charge >= 0.3 is 0 Å². The fourth-order valence-electron chi connectivity index (χ4n) is 33.1. The minimum atomic E-state index is 0.258. The lowest BCUT2D eigenvalue weighted by Crippen LogP contribution is -2.48. The normalized spacial score (nSPS) is 27.8. The molecule has 692 valence electrons. The molecule has 0 spiro atoms. The molecule has 0 saturated heterocycles. The highest BCUT2D eigenvalue weighted by molar-refractivity contribution is 6.25. The second-order valence-corrected chi connectivity index (χ2v) is 48.9. The first kappa shape index (κ1) is 86.9. The van der Waals surface area contributed by atoms with Crippen LogP contribution in [-0.2, 0) is 21.7 Å².